The molecule has 4 N–H and O–H groups in total. The number of nitrogens with two attached hydrogens (primary N) is 1. The van der Waals surface area contributed by atoms with Crippen molar-refractivity contribution in [1.82, 2.24) is 4.72 Å². The van der Waals surface area contributed by atoms with E-state index in [1.165, 1.54) is 30.2 Å². The van der Waals surface area contributed by atoms with E-state index in [0.29, 0.717) is 6.54 Å². The quantitative estimate of drug-likeness (QED) is 0.600. The summed E-state index contributed by atoms with van der Waals surface area (Å²) < 4.78 is 32.9. The van der Waals surface area contributed by atoms with Crippen LogP contribution in [0.4, 0.5) is 0 Å². The van der Waals surface area contributed by atoms with Crippen LogP contribution in [0.15, 0.2) is 23.1 Å². The van der Waals surface area contributed by atoms with E-state index in [4.69, 9.17) is 10.5 Å². The summed E-state index contributed by atoms with van der Waals surface area (Å²) in [5, 5.41) is 0. The van der Waals surface area contributed by atoms with Gasteiger partial charge in [0.05, 0.1) is 26.7 Å². The van der Waals surface area contributed by atoms with Crippen LogP contribution < -0.4 is 20.1 Å². The Kier molecular flexibility index (Phi) is 5.61. The van der Waals surface area contributed by atoms with E-state index in [1.54, 1.807) is 0 Å². The number of nitrogens with one attached hydrogen (secondary N) is 2. The van der Waals surface area contributed by atoms with E-state index in [-0.39, 0.29) is 22.3 Å². The Morgan fingerprint density at radius 1 is 1.48 bits per heavy atom. The highest BCUT2D eigenvalue weighted by Crippen LogP contribution is 2.24. The Labute approximate surface area is 136 Å². The fraction of sp³-hybridized carbons (Fsp3) is 0.533. The van der Waals surface area contributed by atoms with Crippen LogP contribution in [0.5, 0.6) is 5.75 Å². The number of benzene rings is 1. The molecule has 0 aliphatic carbocycles. The van der Waals surface area contributed by atoms with Crippen LogP contribution in [-0.2, 0) is 10.0 Å². The Morgan fingerprint density at radius 2 is 2.22 bits per heavy atom. The van der Waals surface area contributed by atoms with Gasteiger partial charge in [0.25, 0.3) is 0 Å². The predicted molar refractivity (Wildman–Crippen MR) is 86.1 cm³/mol. The fourth-order valence-electron chi connectivity index (χ4n) is 3.02. The zero-order valence-electron chi connectivity index (χ0n) is 13.5. The Morgan fingerprint density at radius 3 is 2.83 bits per heavy atom. The largest absolute Gasteiger partial charge is 0.495 e. The summed E-state index contributed by atoms with van der Waals surface area (Å²) in [4.78, 5) is 12.6. The van der Waals surface area contributed by atoms with Gasteiger partial charge >= 0.3 is 0 Å². The van der Waals surface area contributed by atoms with Crippen LogP contribution in [0, 0.1) is 0 Å². The lowest BCUT2D eigenvalue weighted by Gasteiger charge is -2.20. The van der Waals surface area contributed by atoms with Crippen molar-refractivity contribution in [3.63, 3.8) is 0 Å². The van der Waals surface area contributed by atoms with E-state index in [0.717, 1.165) is 25.9 Å². The lowest BCUT2D eigenvalue weighted by atomic mass is 10.2. The zero-order valence-corrected chi connectivity index (χ0v) is 14.3. The van der Waals surface area contributed by atoms with Crippen molar-refractivity contribution in [3.05, 3.63) is 23.8 Å². The number of hydrogen-bond donors (Lipinski definition) is 3. The molecule has 7 nitrogen and oxygen atoms in total. The van der Waals surface area contributed by atoms with Crippen LogP contribution in [-0.4, -0.2) is 47.1 Å². The summed E-state index contributed by atoms with van der Waals surface area (Å²) in [6.45, 7) is 4.52. The first-order chi connectivity index (χ1) is 10.9. The first-order valence-corrected chi connectivity index (χ1v) is 9.19. The molecule has 0 aromatic heterocycles. The van der Waals surface area contributed by atoms with Crippen molar-refractivity contribution in [1.29, 1.82) is 0 Å². The molecular formula is C15H24N3O4S+. The average molecular weight is 342 g/mol. The lowest BCUT2D eigenvalue weighted by molar-refractivity contribution is -0.909. The van der Waals surface area contributed by atoms with Gasteiger partial charge in [-0.15, -0.1) is 0 Å². The average Bonchev–Trinajstić information content (AvgIpc) is 2.99. The molecule has 1 saturated heterocycles. The molecule has 1 aliphatic rings. The van der Waals surface area contributed by atoms with Gasteiger partial charge in [0.1, 0.15) is 16.7 Å². The van der Waals surface area contributed by atoms with E-state index in [1.807, 2.05) is 0 Å². The van der Waals surface area contributed by atoms with Gasteiger partial charge in [-0.25, -0.2) is 13.1 Å². The third-order valence-electron chi connectivity index (χ3n) is 4.34. The highest BCUT2D eigenvalue weighted by molar-refractivity contribution is 7.89. The second-order valence-electron chi connectivity index (χ2n) is 5.68. The molecule has 23 heavy (non-hydrogen) atoms. The van der Waals surface area contributed by atoms with Crippen molar-refractivity contribution in [2.24, 2.45) is 5.73 Å². The summed E-state index contributed by atoms with van der Waals surface area (Å²) in [5.41, 5.74) is 5.36. The van der Waals surface area contributed by atoms with Gasteiger partial charge in [0.15, 0.2) is 0 Å². The molecule has 1 fully saturated rings. The first kappa shape index (κ1) is 17.7. The van der Waals surface area contributed by atoms with Crippen molar-refractivity contribution >= 4 is 15.9 Å². The topological polar surface area (TPSA) is 103 Å². The second-order valence-corrected chi connectivity index (χ2v) is 7.42. The molecule has 1 aliphatic heterocycles. The van der Waals surface area contributed by atoms with Crippen LogP contribution in [0.2, 0.25) is 0 Å². The van der Waals surface area contributed by atoms with E-state index < -0.39 is 15.9 Å². The molecule has 0 spiro atoms. The molecule has 1 heterocycles. The number of amides is 1. The lowest BCUT2D eigenvalue weighted by Crippen LogP contribution is -3.14. The number of ether oxygens (including phenoxy) is 1. The number of methoxy groups -OCH3 is 1. The number of sulfonamides is 1. The molecule has 0 saturated carbocycles. The van der Waals surface area contributed by atoms with E-state index in [2.05, 4.69) is 11.6 Å². The summed E-state index contributed by atoms with van der Waals surface area (Å²) in [7, 11) is -2.39. The molecule has 1 aromatic rings. The van der Waals surface area contributed by atoms with Gasteiger partial charge in [-0.3, -0.25) is 4.79 Å². The minimum atomic E-state index is -3.77. The number of quaternary nitrogens is 1. The molecule has 2 rings (SSSR count). The Balaban J connectivity index is 2.21. The maximum atomic E-state index is 12.6. The zero-order chi connectivity index (χ0) is 17.0. The number of carbonyl (C=O) groups excluding carboxylic acids is 1. The molecule has 1 aromatic carbocycles. The maximum Gasteiger partial charge on any atom is 0.248 e. The molecule has 1 amide bonds. The van der Waals surface area contributed by atoms with Crippen LogP contribution >= 0.6 is 0 Å². The van der Waals surface area contributed by atoms with Gasteiger partial charge in [0.2, 0.25) is 15.9 Å². The highest BCUT2D eigenvalue weighted by Gasteiger charge is 2.29. The number of carbonyl (C=O) groups is 1. The van der Waals surface area contributed by atoms with Crippen molar-refractivity contribution < 1.29 is 22.8 Å². The Bertz CT molecular complexity index is 675. The number of rotatable bonds is 7. The number of likely N-dealkylation sites (N-methyl/N-ethyl adjacent to an activating group) is 1. The summed E-state index contributed by atoms with van der Waals surface area (Å²) in [5.74, 6) is -0.491. The molecule has 8 heteroatoms. The predicted octanol–water partition coefficient (Wildman–Crippen LogP) is -0.860. The minimum Gasteiger partial charge on any atom is -0.495 e. The van der Waals surface area contributed by atoms with Gasteiger partial charge in [-0.2, -0.15) is 0 Å². The SMILES string of the molecule is CC[NH+]1CCC[C@@H]1CNS(=O)(=O)c1cc(C(N)=O)ccc1OC. The van der Waals surface area contributed by atoms with Gasteiger partial charge < -0.3 is 15.4 Å². The van der Waals surface area contributed by atoms with E-state index in [9.17, 15) is 13.2 Å². The van der Waals surface area contributed by atoms with Crippen molar-refractivity contribution in [3.8, 4) is 5.75 Å². The standard InChI is InChI=1S/C15H23N3O4S/c1-3-18-8-4-5-12(18)10-17-23(20,21)14-9-11(15(16)19)6-7-13(14)22-2/h6-7,9,12,17H,3-5,8,10H2,1-2H3,(H2,16,19)/p+1/t12-/m1/s1. The normalized spacial score (nSPS) is 21.3. The third kappa shape index (κ3) is 4.01. The fourth-order valence-corrected chi connectivity index (χ4v) is 4.30. The maximum absolute atomic E-state index is 12.6. The van der Waals surface area contributed by atoms with Gasteiger partial charge in [0, 0.05) is 18.4 Å². The number of primary amides is 1. The monoisotopic (exact) mass is 342 g/mol. The molecule has 128 valence electrons. The molecular weight excluding hydrogens is 318 g/mol. The van der Waals surface area contributed by atoms with Gasteiger partial charge in [-0.1, -0.05) is 0 Å². The summed E-state index contributed by atoms with van der Waals surface area (Å²) >= 11 is 0. The van der Waals surface area contributed by atoms with Crippen molar-refractivity contribution in [2.75, 3.05) is 26.7 Å². The number of hydrogen-bond acceptors (Lipinski definition) is 4. The van der Waals surface area contributed by atoms with Crippen LogP contribution in [0.25, 0.3) is 0 Å². The molecule has 0 radical (unpaired) electrons. The molecule has 1 unspecified atom stereocenters. The number of likely N-dealkylation sites (tertiary alicyclic amines) is 1. The highest BCUT2D eigenvalue weighted by atomic mass is 32.2. The van der Waals surface area contributed by atoms with E-state index >= 15 is 0 Å². The minimum absolute atomic E-state index is 0.0626. The molecule has 0 bridgehead atoms. The second kappa shape index (κ2) is 7.29. The summed E-state index contributed by atoms with van der Waals surface area (Å²) in [6.07, 6.45) is 2.11. The molecule has 2 atom stereocenters. The Hall–Kier alpha value is -1.64. The van der Waals surface area contributed by atoms with Crippen LogP contribution in [0.3, 0.4) is 0 Å². The van der Waals surface area contributed by atoms with Crippen LogP contribution in [0.1, 0.15) is 30.1 Å². The first-order valence-electron chi connectivity index (χ1n) is 7.71. The smallest absolute Gasteiger partial charge is 0.248 e. The summed E-state index contributed by atoms with van der Waals surface area (Å²) in [6, 6.07) is 4.41. The third-order valence-corrected chi connectivity index (χ3v) is 5.78. The van der Waals surface area contributed by atoms with Gasteiger partial charge in [-0.05, 0) is 25.1 Å². The van der Waals surface area contributed by atoms with Crippen molar-refractivity contribution in [2.45, 2.75) is 30.7 Å².